The zero-order valence-electron chi connectivity index (χ0n) is 9.79. The highest BCUT2D eigenvalue weighted by atomic mass is 32.2. The summed E-state index contributed by atoms with van der Waals surface area (Å²) >= 11 is 0. The first-order valence-electron chi connectivity index (χ1n) is 5.33. The van der Waals surface area contributed by atoms with Crippen LogP contribution in [0.15, 0.2) is 53.6 Å². The Morgan fingerprint density at radius 2 is 1.78 bits per heavy atom. The van der Waals surface area contributed by atoms with E-state index in [1.54, 1.807) is 37.4 Å². The highest BCUT2D eigenvalue weighted by Crippen LogP contribution is 2.15. The molecule has 2 aromatic rings. The van der Waals surface area contributed by atoms with Gasteiger partial charge in [-0.05, 0) is 24.3 Å². The van der Waals surface area contributed by atoms with Crippen molar-refractivity contribution in [2.45, 2.75) is 4.90 Å². The Morgan fingerprint density at radius 1 is 1.06 bits per heavy atom. The van der Waals surface area contributed by atoms with Crippen molar-refractivity contribution in [3.8, 4) is 0 Å². The Bertz CT molecular complexity index is 610. The molecule has 5 nitrogen and oxygen atoms in total. The van der Waals surface area contributed by atoms with E-state index < -0.39 is 10.0 Å². The van der Waals surface area contributed by atoms with Crippen molar-refractivity contribution in [2.24, 2.45) is 0 Å². The minimum atomic E-state index is -3.54. The highest BCUT2D eigenvalue weighted by Gasteiger charge is 2.13. The molecule has 0 aliphatic rings. The molecule has 94 valence electrons. The number of sulfonamides is 1. The van der Waals surface area contributed by atoms with Crippen LogP contribution in [0.1, 0.15) is 0 Å². The van der Waals surface area contributed by atoms with Crippen LogP contribution < -0.4 is 10.0 Å². The molecule has 0 aliphatic carbocycles. The third-order valence-corrected chi connectivity index (χ3v) is 3.72. The van der Waals surface area contributed by atoms with Crippen LogP contribution in [0.4, 0.5) is 11.5 Å². The SMILES string of the molecule is CNc1ccc(NS(=O)(=O)c2ccccc2)cn1. The molecule has 0 bridgehead atoms. The number of rotatable bonds is 4. The van der Waals surface area contributed by atoms with Crippen LogP contribution >= 0.6 is 0 Å². The first-order chi connectivity index (χ1) is 8.62. The zero-order chi connectivity index (χ0) is 13.0. The Balaban J connectivity index is 2.22. The van der Waals surface area contributed by atoms with Gasteiger partial charge in [0.1, 0.15) is 5.82 Å². The quantitative estimate of drug-likeness (QED) is 0.884. The fourth-order valence-electron chi connectivity index (χ4n) is 1.42. The number of nitrogens with one attached hydrogen (secondary N) is 2. The molecule has 0 aliphatic heterocycles. The van der Waals surface area contributed by atoms with E-state index in [0.29, 0.717) is 11.5 Å². The minimum Gasteiger partial charge on any atom is -0.373 e. The first kappa shape index (κ1) is 12.4. The second-order valence-corrected chi connectivity index (χ2v) is 5.28. The average molecular weight is 263 g/mol. The maximum absolute atomic E-state index is 12.0. The number of nitrogens with zero attached hydrogens (tertiary/aromatic N) is 1. The molecule has 1 heterocycles. The van der Waals surface area contributed by atoms with Gasteiger partial charge < -0.3 is 5.32 Å². The Hall–Kier alpha value is -2.08. The summed E-state index contributed by atoms with van der Waals surface area (Å²) in [6.45, 7) is 0. The van der Waals surface area contributed by atoms with Gasteiger partial charge in [-0.3, -0.25) is 4.72 Å². The molecule has 0 radical (unpaired) electrons. The van der Waals surface area contributed by atoms with Gasteiger partial charge in [-0.1, -0.05) is 18.2 Å². The number of hydrogen-bond acceptors (Lipinski definition) is 4. The van der Waals surface area contributed by atoms with Crippen molar-refractivity contribution in [2.75, 3.05) is 17.1 Å². The second kappa shape index (κ2) is 5.05. The Kier molecular flexibility index (Phi) is 3.47. The molecule has 18 heavy (non-hydrogen) atoms. The Morgan fingerprint density at radius 3 is 2.33 bits per heavy atom. The average Bonchev–Trinajstić information content (AvgIpc) is 2.40. The lowest BCUT2D eigenvalue weighted by Crippen LogP contribution is -2.12. The number of hydrogen-bond donors (Lipinski definition) is 2. The molecule has 0 atom stereocenters. The first-order valence-corrected chi connectivity index (χ1v) is 6.82. The van der Waals surface area contributed by atoms with E-state index in [1.165, 1.54) is 18.3 Å². The van der Waals surface area contributed by atoms with Gasteiger partial charge >= 0.3 is 0 Å². The lowest BCUT2D eigenvalue weighted by molar-refractivity contribution is 0.601. The van der Waals surface area contributed by atoms with Crippen LogP contribution in [-0.2, 0) is 10.0 Å². The van der Waals surface area contributed by atoms with E-state index in [4.69, 9.17) is 0 Å². The summed E-state index contributed by atoms with van der Waals surface area (Å²) in [6.07, 6.45) is 1.46. The summed E-state index contributed by atoms with van der Waals surface area (Å²) in [6, 6.07) is 11.5. The Labute approximate surface area is 106 Å². The van der Waals surface area contributed by atoms with Crippen LogP contribution in [0, 0.1) is 0 Å². The third kappa shape index (κ3) is 2.78. The molecule has 2 N–H and O–H groups in total. The van der Waals surface area contributed by atoms with E-state index in [9.17, 15) is 8.42 Å². The fraction of sp³-hybridized carbons (Fsp3) is 0.0833. The van der Waals surface area contributed by atoms with Gasteiger partial charge in [-0.15, -0.1) is 0 Å². The standard InChI is InChI=1S/C12H13N3O2S/c1-13-12-8-7-10(9-14-12)15-18(16,17)11-5-3-2-4-6-11/h2-9,15H,1H3,(H,13,14). The molecule has 0 spiro atoms. The van der Waals surface area contributed by atoms with Gasteiger partial charge in [-0.2, -0.15) is 0 Å². The van der Waals surface area contributed by atoms with Crippen molar-refractivity contribution >= 4 is 21.5 Å². The summed E-state index contributed by atoms with van der Waals surface area (Å²) in [5, 5.41) is 2.86. The van der Waals surface area contributed by atoms with Crippen LogP contribution in [-0.4, -0.2) is 20.4 Å². The van der Waals surface area contributed by atoms with Crippen LogP contribution in [0.5, 0.6) is 0 Å². The molecule has 0 saturated heterocycles. The summed E-state index contributed by atoms with van der Waals surface area (Å²) < 4.78 is 26.5. The molecule has 1 aromatic carbocycles. The van der Waals surface area contributed by atoms with Crippen molar-refractivity contribution in [1.82, 2.24) is 4.98 Å². The molecular weight excluding hydrogens is 250 g/mol. The maximum Gasteiger partial charge on any atom is 0.261 e. The fourth-order valence-corrected chi connectivity index (χ4v) is 2.48. The molecule has 2 rings (SSSR count). The number of benzene rings is 1. The number of anilines is 2. The number of pyridine rings is 1. The normalized spacial score (nSPS) is 10.9. The molecule has 0 amide bonds. The largest absolute Gasteiger partial charge is 0.373 e. The van der Waals surface area contributed by atoms with E-state index in [1.807, 2.05) is 0 Å². The lowest BCUT2D eigenvalue weighted by Gasteiger charge is -2.08. The molecule has 1 aromatic heterocycles. The molecule has 6 heteroatoms. The van der Waals surface area contributed by atoms with E-state index in [2.05, 4.69) is 15.0 Å². The molecular formula is C12H13N3O2S. The molecule has 0 fully saturated rings. The highest BCUT2D eigenvalue weighted by molar-refractivity contribution is 7.92. The predicted molar refractivity (Wildman–Crippen MR) is 71.0 cm³/mol. The van der Waals surface area contributed by atoms with Gasteiger partial charge in [0.2, 0.25) is 0 Å². The monoisotopic (exact) mass is 263 g/mol. The van der Waals surface area contributed by atoms with Gasteiger partial charge in [0.05, 0.1) is 16.8 Å². The van der Waals surface area contributed by atoms with Crippen molar-refractivity contribution < 1.29 is 8.42 Å². The molecule has 0 unspecified atom stereocenters. The van der Waals surface area contributed by atoms with Crippen LogP contribution in [0.3, 0.4) is 0 Å². The molecule has 0 saturated carbocycles. The summed E-state index contributed by atoms with van der Waals surface area (Å²) in [4.78, 5) is 4.26. The zero-order valence-corrected chi connectivity index (χ0v) is 10.6. The lowest BCUT2D eigenvalue weighted by atomic mass is 10.4. The van der Waals surface area contributed by atoms with Gasteiger partial charge in [0.25, 0.3) is 10.0 Å². The number of aromatic nitrogens is 1. The van der Waals surface area contributed by atoms with Crippen molar-refractivity contribution in [1.29, 1.82) is 0 Å². The van der Waals surface area contributed by atoms with Crippen LogP contribution in [0.25, 0.3) is 0 Å². The topological polar surface area (TPSA) is 71.1 Å². The van der Waals surface area contributed by atoms with Crippen LogP contribution in [0.2, 0.25) is 0 Å². The summed E-state index contributed by atoms with van der Waals surface area (Å²) in [7, 11) is -1.80. The van der Waals surface area contributed by atoms with Crippen molar-refractivity contribution in [3.63, 3.8) is 0 Å². The van der Waals surface area contributed by atoms with E-state index in [0.717, 1.165) is 0 Å². The van der Waals surface area contributed by atoms with Gasteiger partial charge in [-0.25, -0.2) is 13.4 Å². The van der Waals surface area contributed by atoms with E-state index >= 15 is 0 Å². The van der Waals surface area contributed by atoms with Gasteiger partial charge in [0.15, 0.2) is 0 Å². The predicted octanol–water partition coefficient (Wildman–Crippen LogP) is 1.92. The smallest absolute Gasteiger partial charge is 0.261 e. The maximum atomic E-state index is 12.0. The third-order valence-electron chi connectivity index (χ3n) is 2.33. The van der Waals surface area contributed by atoms with Crippen molar-refractivity contribution in [3.05, 3.63) is 48.7 Å². The summed E-state index contributed by atoms with van der Waals surface area (Å²) in [5.41, 5.74) is 0.429. The minimum absolute atomic E-state index is 0.225. The second-order valence-electron chi connectivity index (χ2n) is 3.60. The van der Waals surface area contributed by atoms with E-state index in [-0.39, 0.29) is 4.90 Å². The van der Waals surface area contributed by atoms with Gasteiger partial charge in [0, 0.05) is 7.05 Å². The summed E-state index contributed by atoms with van der Waals surface area (Å²) in [5.74, 6) is 0.678.